The highest BCUT2D eigenvalue weighted by atomic mass is 35.5. The van der Waals surface area contributed by atoms with Crippen molar-refractivity contribution in [2.75, 3.05) is 50.0 Å². The van der Waals surface area contributed by atoms with E-state index in [0.717, 1.165) is 10.6 Å². The van der Waals surface area contributed by atoms with E-state index in [-0.39, 0.29) is 24.5 Å². The molecule has 0 aromatic heterocycles. The maximum absolute atomic E-state index is 12.9. The van der Waals surface area contributed by atoms with Crippen LogP contribution in [0.3, 0.4) is 0 Å². The third-order valence-corrected chi connectivity index (χ3v) is 8.82. The zero-order chi connectivity index (χ0) is 26.3. The molecule has 2 aromatic rings. The number of morpholine rings is 1. The van der Waals surface area contributed by atoms with Crippen molar-refractivity contribution in [3.8, 4) is 5.75 Å². The zero-order valence-electron chi connectivity index (χ0n) is 20.1. The van der Waals surface area contributed by atoms with Gasteiger partial charge in [0.05, 0.1) is 36.6 Å². The van der Waals surface area contributed by atoms with Crippen molar-refractivity contribution in [1.82, 2.24) is 9.62 Å². The molecule has 0 saturated carbocycles. The summed E-state index contributed by atoms with van der Waals surface area (Å²) in [7, 11) is -7.36. The summed E-state index contributed by atoms with van der Waals surface area (Å²) in [5.74, 6) is -0.0349. The summed E-state index contributed by atoms with van der Waals surface area (Å²) in [6.07, 6.45) is 1.28. The molecule has 0 aliphatic carbocycles. The van der Waals surface area contributed by atoms with Crippen molar-refractivity contribution in [2.24, 2.45) is 0 Å². The van der Waals surface area contributed by atoms with Gasteiger partial charge in [-0.25, -0.2) is 16.8 Å². The number of hydrogen-bond donors (Lipinski definition) is 1. The second-order valence-corrected chi connectivity index (χ2v) is 12.3. The Balaban J connectivity index is 1.57. The number of rotatable bonds is 11. The van der Waals surface area contributed by atoms with Crippen molar-refractivity contribution < 1.29 is 31.1 Å². The molecule has 198 valence electrons. The molecule has 1 amide bonds. The number of carbonyl (C=O) groups excluding carboxylic acids is 1. The Morgan fingerprint density at radius 2 is 1.81 bits per heavy atom. The first-order chi connectivity index (χ1) is 17.0. The van der Waals surface area contributed by atoms with Crippen LogP contribution in [0.1, 0.15) is 13.3 Å². The summed E-state index contributed by atoms with van der Waals surface area (Å²) in [4.78, 5) is 13.0. The number of carbonyl (C=O) groups is 1. The number of sulfonamides is 2. The van der Waals surface area contributed by atoms with E-state index < -0.39 is 32.0 Å². The van der Waals surface area contributed by atoms with E-state index in [0.29, 0.717) is 42.8 Å². The third kappa shape index (κ3) is 7.10. The highest BCUT2D eigenvalue weighted by Gasteiger charge is 2.31. The highest BCUT2D eigenvalue weighted by molar-refractivity contribution is 7.92. The lowest BCUT2D eigenvalue weighted by Gasteiger charge is -2.30. The minimum absolute atomic E-state index is 0.105. The van der Waals surface area contributed by atoms with Crippen molar-refractivity contribution in [2.45, 2.75) is 24.3 Å². The van der Waals surface area contributed by atoms with Gasteiger partial charge in [0.2, 0.25) is 26.0 Å². The standard InChI is InChI=1S/C23H30ClN3O7S2/c1-3-22(27(35(2,29)30)19-6-4-5-18(24)17-19)23(28)25-11-14-34-20-7-9-21(10-8-20)36(31,32)26-12-15-33-16-13-26/h4-10,17,22H,3,11-16H2,1-2H3,(H,25,28)/t22-/m1/s1. The van der Waals surface area contributed by atoms with E-state index in [4.69, 9.17) is 21.1 Å². The number of ether oxygens (including phenoxy) is 2. The van der Waals surface area contributed by atoms with E-state index in [9.17, 15) is 21.6 Å². The fraction of sp³-hybridized carbons (Fsp3) is 0.435. The molecule has 1 saturated heterocycles. The van der Waals surface area contributed by atoms with Gasteiger partial charge in [-0.2, -0.15) is 4.31 Å². The predicted octanol–water partition coefficient (Wildman–Crippen LogP) is 2.10. The van der Waals surface area contributed by atoms with Gasteiger partial charge in [-0.3, -0.25) is 9.10 Å². The molecule has 1 atom stereocenters. The number of benzene rings is 2. The fourth-order valence-corrected chi connectivity index (χ4v) is 6.57. The largest absolute Gasteiger partial charge is 0.492 e. The van der Waals surface area contributed by atoms with E-state index in [1.807, 2.05) is 0 Å². The van der Waals surface area contributed by atoms with Gasteiger partial charge in [0.15, 0.2) is 0 Å². The van der Waals surface area contributed by atoms with Crippen molar-refractivity contribution in [1.29, 1.82) is 0 Å². The van der Waals surface area contributed by atoms with Crippen LogP contribution < -0.4 is 14.4 Å². The van der Waals surface area contributed by atoms with Crippen LogP contribution in [-0.4, -0.2) is 78.8 Å². The van der Waals surface area contributed by atoms with Crippen LogP contribution in [0.4, 0.5) is 5.69 Å². The maximum atomic E-state index is 12.9. The minimum Gasteiger partial charge on any atom is -0.492 e. The third-order valence-electron chi connectivity index (χ3n) is 5.49. The topological polar surface area (TPSA) is 122 Å². The lowest BCUT2D eigenvalue weighted by Crippen LogP contribution is -2.50. The van der Waals surface area contributed by atoms with Gasteiger partial charge < -0.3 is 14.8 Å². The molecule has 1 aliphatic rings. The molecule has 0 unspecified atom stereocenters. The van der Waals surface area contributed by atoms with Crippen molar-refractivity contribution in [3.63, 3.8) is 0 Å². The SMILES string of the molecule is CC[C@H](C(=O)NCCOc1ccc(S(=O)(=O)N2CCOCC2)cc1)N(c1cccc(Cl)c1)S(C)(=O)=O. The van der Waals surface area contributed by atoms with Gasteiger partial charge >= 0.3 is 0 Å². The number of nitrogens with one attached hydrogen (secondary N) is 1. The molecule has 36 heavy (non-hydrogen) atoms. The van der Waals surface area contributed by atoms with Crippen molar-refractivity contribution >= 4 is 43.2 Å². The second kappa shape index (κ2) is 12.2. The van der Waals surface area contributed by atoms with Crippen LogP contribution in [0.15, 0.2) is 53.4 Å². The monoisotopic (exact) mass is 559 g/mol. The molecule has 0 spiro atoms. The molecule has 0 radical (unpaired) electrons. The van der Waals surface area contributed by atoms with E-state index in [1.165, 1.54) is 22.5 Å². The van der Waals surface area contributed by atoms with Crippen LogP contribution in [0.25, 0.3) is 0 Å². The first-order valence-corrected chi connectivity index (χ1v) is 15.0. The van der Waals surface area contributed by atoms with Crippen LogP contribution in [0, 0.1) is 0 Å². The number of anilines is 1. The fourth-order valence-electron chi connectivity index (χ4n) is 3.78. The summed E-state index contributed by atoms with van der Waals surface area (Å²) in [6, 6.07) is 11.4. The van der Waals surface area contributed by atoms with Gasteiger partial charge in [0.25, 0.3) is 0 Å². The predicted molar refractivity (Wildman–Crippen MR) is 137 cm³/mol. The van der Waals surface area contributed by atoms with Crippen LogP contribution in [0.2, 0.25) is 5.02 Å². The Labute approximate surface area is 217 Å². The van der Waals surface area contributed by atoms with Crippen LogP contribution in [-0.2, 0) is 29.6 Å². The van der Waals surface area contributed by atoms with E-state index in [1.54, 1.807) is 37.3 Å². The smallest absolute Gasteiger partial charge is 0.244 e. The molecule has 1 aliphatic heterocycles. The first kappa shape index (κ1) is 28.2. The Morgan fingerprint density at radius 3 is 2.39 bits per heavy atom. The molecule has 1 N–H and O–H groups in total. The van der Waals surface area contributed by atoms with Crippen LogP contribution >= 0.6 is 11.6 Å². The van der Waals surface area contributed by atoms with Crippen LogP contribution in [0.5, 0.6) is 5.75 Å². The average molecular weight is 560 g/mol. The second-order valence-electron chi connectivity index (χ2n) is 8.09. The highest BCUT2D eigenvalue weighted by Crippen LogP contribution is 2.25. The quantitative estimate of drug-likeness (QED) is 0.418. The maximum Gasteiger partial charge on any atom is 0.244 e. The Bertz CT molecular complexity index is 1250. The number of amides is 1. The number of nitrogens with zero attached hydrogens (tertiary/aromatic N) is 2. The molecular formula is C23H30ClN3O7S2. The Morgan fingerprint density at radius 1 is 1.14 bits per heavy atom. The number of hydrogen-bond acceptors (Lipinski definition) is 7. The summed E-state index contributed by atoms with van der Waals surface area (Å²) >= 11 is 6.02. The summed E-state index contributed by atoms with van der Waals surface area (Å²) in [5, 5.41) is 3.06. The summed E-state index contributed by atoms with van der Waals surface area (Å²) in [6.45, 7) is 3.30. The summed E-state index contributed by atoms with van der Waals surface area (Å²) in [5.41, 5.74) is 0.301. The molecule has 1 fully saturated rings. The lowest BCUT2D eigenvalue weighted by atomic mass is 10.2. The zero-order valence-corrected chi connectivity index (χ0v) is 22.5. The average Bonchev–Trinajstić information content (AvgIpc) is 2.85. The molecular weight excluding hydrogens is 530 g/mol. The molecule has 2 aromatic carbocycles. The molecule has 1 heterocycles. The minimum atomic E-state index is -3.77. The Hall–Kier alpha value is -2.38. The molecule has 3 rings (SSSR count). The van der Waals surface area contributed by atoms with Gasteiger partial charge in [-0.15, -0.1) is 0 Å². The van der Waals surface area contributed by atoms with Crippen molar-refractivity contribution in [3.05, 3.63) is 53.6 Å². The lowest BCUT2D eigenvalue weighted by molar-refractivity contribution is -0.122. The van der Waals surface area contributed by atoms with Gasteiger partial charge in [0, 0.05) is 18.1 Å². The van der Waals surface area contributed by atoms with Gasteiger partial charge in [0.1, 0.15) is 18.4 Å². The van der Waals surface area contributed by atoms with E-state index >= 15 is 0 Å². The van der Waals surface area contributed by atoms with Gasteiger partial charge in [-0.1, -0.05) is 24.6 Å². The normalized spacial score (nSPS) is 15.8. The summed E-state index contributed by atoms with van der Waals surface area (Å²) < 4.78 is 63.6. The Kier molecular flexibility index (Phi) is 9.59. The molecule has 0 bridgehead atoms. The van der Waals surface area contributed by atoms with Gasteiger partial charge in [-0.05, 0) is 48.9 Å². The number of halogens is 1. The van der Waals surface area contributed by atoms with E-state index in [2.05, 4.69) is 5.32 Å². The molecule has 13 heteroatoms. The molecule has 10 nitrogen and oxygen atoms in total. The first-order valence-electron chi connectivity index (χ1n) is 11.4.